The predicted octanol–water partition coefficient (Wildman–Crippen LogP) is 3.82. The van der Waals surface area contributed by atoms with E-state index >= 15 is 0 Å². The van der Waals surface area contributed by atoms with Crippen molar-refractivity contribution < 1.29 is 18.0 Å². The number of rotatable bonds is 7. The van der Waals surface area contributed by atoms with Crippen LogP contribution in [0, 0.1) is 0 Å². The van der Waals surface area contributed by atoms with Crippen molar-refractivity contribution in [3.63, 3.8) is 0 Å². The molecule has 13 heteroatoms. The van der Waals surface area contributed by atoms with Crippen LogP contribution in [0.1, 0.15) is 12.0 Å². The number of aromatic amines is 1. The third-order valence-electron chi connectivity index (χ3n) is 6.43. The van der Waals surface area contributed by atoms with E-state index in [1.165, 1.54) is 4.90 Å². The largest absolute Gasteiger partial charge is 0.397 e. The number of carbonyl (C=O) groups excluding carboxylic acids is 1. The minimum absolute atomic E-state index is 0.275. The van der Waals surface area contributed by atoms with Crippen LogP contribution in [0.4, 0.5) is 30.8 Å². The fraction of sp³-hybridized carbons (Fsp3) is 0.346. The summed E-state index contributed by atoms with van der Waals surface area (Å²) in [7, 11) is 3.82. The summed E-state index contributed by atoms with van der Waals surface area (Å²) in [6.45, 7) is 2.15. The first-order valence-electron chi connectivity index (χ1n) is 12.4. The third kappa shape index (κ3) is 6.60. The smallest absolute Gasteiger partial charge is 0.361 e. The van der Waals surface area contributed by atoms with E-state index in [9.17, 15) is 18.0 Å². The van der Waals surface area contributed by atoms with Gasteiger partial charge in [-0.25, -0.2) is 15.0 Å². The molecule has 5 rings (SSSR count). The van der Waals surface area contributed by atoms with Gasteiger partial charge in [-0.3, -0.25) is 14.7 Å². The molecular formula is C26H28F3N9O. The summed E-state index contributed by atoms with van der Waals surface area (Å²) in [5.41, 5.74) is 4.28. The van der Waals surface area contributed by atoms with Gasteiger partial charge >= 0.3 is 6.18 Å². The molecule has 1 aliphatic rings. The summed E-state index contributed by atoms with van der Waals surface area (Å²) in [4.78, 5) is 38.3. The van der Waals surface area contributed by atoms with E-state index in [0.717, 1.165) is 33.7 Å². The maximum absolute atomic E-state index is 12.5. The fourth-order valence-electron chi connectivity index (χ4n) is 4.39. The van der Waals surface area contributed by atoms with Gasteiger partial charge in [0.05, 0.1) is 29.1 Å². The maximum atomic E-state index is 12.5. The van der Waals surface area contributed by atoms with Crippen molar-refractivity contribution in [3.05, 3.63) is 54.5 Å². The van der Waals surface area contributed by atoms with Gasteiger partial charge in [0.25, 0.3) is 0 Å². The van der Waals surface area contributed by atoms with Crippen molar-refractivity contribution in [3.8, 4) is 11.3 Å². The highest BCUT2D eigenvalue weighted by atomic mass is 19.4. The van der Waals surface area contributed by atoms with Gasteiger partial charge in [0.15, 0.2) is 0 Å². The Morgan fingerprint density at radius 1 is 1.05 bits per heavy atom. The first-order chi connectivity index (χ1) is 18.6. The lowest BCUT2D eigenvalue weighted by atomic mass is 10.1. The summed E-state index contributed by atoms with van der Waals surface area (Å²) in [5.74, 6) is 1.06. The highest BCUT2D eigenvalue weighted by Crippen LogP contribution is 2.25. The van der Waals surface area contributed by atoms with E-state index in [-0.39, 0.29) is 13.1 Å². The van der Waals surface area contributed by atoms with Crippen LogP contribution < -0.4 is 10.2 Å². The summed E-state index contributed by atoms with van der Waals surface area (Å²) in [6, 6.07) is 9.62. The van der Waals surface area contributed by atoms with E-state index in [4.69, 9.17) is 0 Å². The predicted molar refractivity (Wildman–Crippen MR) is 141 cm³/mol. The number of carbonyl (C=O) groups is 1. The first-order valence-corrected chi connectivity index (χ1v) is 12.4. The molecule has 204 valence electrons. The number of fused-ring (bicyclic) bond motifs is 1. The molecule has 1 fully saturated rings. The molecular weight excluding hydrogens is 511 g/mol. The van der Waals surface area contributed by atoms with Crippen LogP contribution in [0.5, 0.6) is 0 Å². The molecule has 0 radical (unpaired) electrons. The maximum Gasteiger partial charge on any atom is 0.397 e. The molecule has 1 aliphatic heterocycles. The number of pyridine rings is 1. The van der Waals surface area contributed by atoms with Crippen LogP contribution >= 0.6 is 0 Å². The Bertz CT molecular complexity index is 1450. The van der Waals surface area contributed by atoms with Gasteiger partial charge in [-0.15, -0.1) is 0 Å². The van der Waals surface area contributed by atoms with Crippen molar-refractivity contribution in [2.24, 2.45) is 0 Å². The molecule has 1 saturated heterocycles. The first kappa shape index (κ1) is 26.4. The molecule has 1 aromatic carbocycles. The lowest BCUT2D eigenvalue weighted by molar-refractivity contribution is -0.162. The molecule has 3 aromatic heterocycles. The van der Waals surface area contributed by atoms with Gasteiger partial charge in [-0.2, -0.15) is 13.2 Å². The molecule has 0 bridgehead atoms. The Balaban J connectivity index is 1.21. The minimum Gasteiger partial charge on any atom is -0.361 e. The van der Waals surface area contributed by atoms with E-state index in [1.54, 1.807) is 18.6 Å². The lowest BCUT2D eigenvalue weighted by Gasteiger charge is -2.35. The van der Waals surface area contributed by atoms with E-state index < -0.39 is 18.5 Å². The SMILES string of the molecule is CN(C)c1cnc(-c2ccc3nc(Nc4cc(CN5CCN(C(=O)CC(F)(F)F)CC5)ccn4)[nH]c3c2)cn1. The number of imidazole rings is 1. The molecule has 39 heavy (non-hydrogen) atoms. The van der Waals surface area contributed by atoms with Crippen molar-refractivity contribution in [2.45, 2.75) is 19.1 Å². The molecule has 0 spiro atoms. The number of piperazine rings is 1. The number of hydrogen-bond donors (Lipinski definition) is 2. The monoisotopic (exact) mass is 539 g/mol. The summed E-state index contributed by atoms with van der Waals surface area (Å²) < 4.78 is 37.6. The number of hydrogen-bond acceptors (Lipinski definition) is 8. The number of H-pyrrole nitrogens is 1. The molecule has 4 aromatic rings. The molecule has 4 heterocycles. The van der Waals surface area contributed by atoms with E-state index in [1.807, 2.05) is 49.3 Å². The second kappa shape index (κ2) is 10.8. The highest BCUT2D eigenvalue weighted by Gasteiger charge is 2.34. The standard InChI is InChI=1S/C26H28F3N9O/c1-36(2)23-15-31-21(14-32-23)18-3-4-19-20(12-18)34-25(33-19)35-22-11-17(5-6-30-22)16-37-7-9-38(10-8-37)24(39)13-26(27,28)29/h3-6,11-12,14-15H,7-10,13,16H2,1-2H3,(H2,30,33,34,35). The normalized spacial score (nSPS) is 14.5. The molecule has 0 saturated carbocycles. The Morgan fingerprint density at radius 3 is 2.54 bits per heavy atom. The molecule has 1 amide bonds. The third-order valence-corrected chi connectivity index (χ3v) is 6.43. The van der Waals surface area contributed by atoms with Gasteiger partial charge in [-0.1, -0.05) is 6.07 Å². The quantitative estimate of drug-likeness (QED) is 0.365. The van der Waals surface area contributed by atoms with Crippen molar-refractivity contribution in [2.75, 3.05) is 50.5 Å². The average molecular weight is 540 g/mol. The number of nitrogens with zero attached hydrogens (tertiary/aromatic N) is 7. The Labute approximate surface area is 222 Å². The number of benzene rings is 1. The van der Waals surface area contributed by atoms with Gasteiger partial charge in [0.1, 0.15) is 18.1 Å². The number of aromatic nitrogens is 5. The fourth-order valence-corrected chi connectivity index (χ4v) is 4.39. The second-order valence-electron chi connectivity index (χ2n) is 9.59. The van der Waals surface area contributed by atoms with Crippen molar-refractivity contribution in [1.29, 1.82) is 0 Å². The number of nitrogens with one attached hydrogen (secondary N) is 2. The zero-order chi connectivity index (χ0) is 27.6. The van der Waals surface area contributed by atoms with Crippen LogP contribution in [0.3, 0.4) is 0 Å². The summed E-state index contributed by atoms with van der Waals surface area (Å²) in [6.07, 6.45) is -0.734. The minimum atomic E-state index is -4.48. The molecule has 0 unspecified atom stereocenters. The van der Waals surface area contributed by atoms with Crippen molar-refractivity contribution in [1.82, 2.24) is 34.7 Å². The molecule has 2 N–H and O–H groups in total. The van der Waals surface area contributed by atoms with Gasteiger partial charge in [0, 0.05) is 58.6 Å². The Kier molecular flexibility index (Phi) is 7.33. The second-order valence-corrected chi connectivity index (χ2v) is 9.59. The van der Waals surface area contributed by atoms with Gasteiger partial charge < -0.3 is 20.1 Å². The van der Waals surface area contributed by atoms with Gasteiger partial charge in [-0.05, 0) is 29.8 Å². The average Bonchev–Trinajstić information content (AvgIpc) is 3.30. The van der Waals surface area contributed by atoms with Crippen LogP contribution in [0.25, 0.3) is 22.3 Å². The van der Waals surface area contributed by atoms with Crippen LogP contribution in [-0.4, -0.2) is 87.1 Å². The molecule has 0 aliphatic carbocycles. The van der Waals surface area contributed by atoms with E-state index in [0.29, 0.717) is 31.4 Å². The van der Waals surface area contributed by atoms with Crippen molar-refractivity contribution >= 4 is 34.5 Å². The van der Waals surface area contributed by atoms with Crippen LogP contribution in [-0.2, 0) is 11.3 Å². The molecule has 10 nitrogen and oxygen atoms in total. The highest BCUT2D eigenvalue weighted by molar-refractivity contribution is 5.83. The van der Waals surface area contributed by atoms with Crippen LogP contribution in [0.15, 0.2) is 48.9 Å². The Hall–Kier alpha value is -4.26. The zero-order valence-corrected chi connectivity index (χ0v) is 21.5. The summed E-state index contributed by atoms with van der Waals surface area (Å²) in [5, 5.41) is 3.20. The van der Waals surface area contributed by atoms with Crippen LogP contribution in [0.2, 0.25) is 0 Å². The number of amides is 1. The number of alkyl halides is 3. The van der Waals surface area contributed by atoms with Gasteiger partial charge in [0.2, 0.25) is 11.9 Å². The summed E-state index contributed by atoms with van der Waals surface area (Å²) >= 11 is 0. The number of halogens is 3. The molecule has 0 atom stereocenters. The topological polar surface area (TPSA) is 106 Å². The Morgan fingerprint density at radius 2 is 1.85 bits per heavy atom. The lowest BCUT2D eigenvalue weighted by Crippen LogP contribution is -2.49. The van der Waals surface area contributed by atoms with E-state index in [2.05, 4.69) is 35.1 Å². The number of anilines is 3. The zero-order valence-electron chi connectivity index (χ0n) is 21.5.